The van der Waals surface area contributed by atoms with Crippen LogP contribution in [0.25, 0.3) is 0 Å². The molecule has 2 amide bonds. The number of hydrogen-bond acceptors (Lipinski definition) is 3. The quantitative estimate of drug-likeness (QED) is 0.829. The van der Waals surface area contributed by atoms with Gasteiger partial charge in [0.25, 0.3) is 0 Å². The topological polar surface area (TPSA) is 49.9 Å². The molecule has 1 fully saturated rings. The number of anilines is 2. The van der Waals surface area contributed by atoms with Gasteiger partial charge >= 0.3 is 0 Å². The van der Waals surface area contributed by atoms with Gasteiger partial charge in [0, 0.05) is 25.7 Å². The van der Waals surface area contributed by atoms with Crippen LogP contribution >= 0.6 is 0 Å². The van der Waals surface area contributed by atoms with Crippen LogP contribution in [-0.2, 0) is 9.59 Å². The Bertz CT molecular complexity index is 818. The van der Waals surface area contributed by atoms with Crippen LogP contribution in [-0.4, -0.2) is 32.0 Å². The maximum atomic E-state index is 12.9. The Kier molecular flexibility index (Phi) is 5.26. The van der Waals surface area contributed by atoms with E-state index in [4.69, 9.17) is 4.74 Å². The van der Waals surface area contributed by atoms with E-state index in [0.717, 1.165) is 16.9 Å². The SMILES string of the molecule is CCOc1ccccc1N1CC(C(=O)N(C)c2cccc(C)c2)CC1=O. The Morgan fingerprint density at radius 2 is 2.00 bits per heavy atom. The molecule has 1 unspecified atom stereocenters. The van der Waals surface area contributed by atoms with Crippen molar-refractivity contribution >= 4 is 23.2 Å². The Hall–Kier alpha value is -2.82. The average Bonchev–Trinajstić information content (AvgIpc) is 3.03. The molecule has 1 atom stereocenters. The molecule has 1 heterocycles. The number of aryl methyl sites for hydroxylation is 1. The average molecular weight is 352 g/mol. The molecular weight excluding hydrogens is 328 g/mol. The van der Waals surface area contributed by atoms with E-state index >= 15 is 0 Å². The molecule has 0 spiro atoms. The molecule has 0 N–H and O–H groups in total. The van der Waals surface area contributed by atoms with Crippen LogP contribution in [0.3, 0.4) is 0 Å². The second-order valence-corrected chi connectivity index (χ2v) is 6.54. The molecule has 0 aromatic heterocycles. The highest BCUT2D eigenvalue weighted by Gasteiger charge is 2.37. The largest absolute Gasteiger partial charge is 0.492 e. The van der Waals surface area contributed by atoms with Gasteiger partial charge in [-0.25, -0.2) is 0 Å². The molecule has 0 radical (unpaired) electrons. The smallest absolute Gasteiger partial charge is 0.232 e. The number of rotatable bonds is 5. The van der Waals surface area contributed by atoms with Gasteiger partial charge in [0.15, 0.2) is 0 Å². The number of nitrogens with zero attached hydrogens (tertiary/aromatic N) is 2. The molecule has 136 valence electrons. The van der Waals surface area contributed by atoms with Crippen molar-refractivity contribution < 1.29 is 14.3 Å². The number of ether oxygens (including phenoxy) is 1. The van der Waals surface area contributed by atoms with Crippen molar-refractivity contribution in [1.29, 1.82) is 0 Å². The van der Waals surface area contributed by atoms with E-state index < -0.39 is 0 Å². The normalized spacial score (nSPS) is 16.7. The Labute approximate surface area is 154 Å². The van der Waals surface area contributed by atoms with E-state index in [9.17, 15) is 9.59 Å². The van der Waals surface area contributed by atoms with E-state index in [1.165, 1.54) is 0 Å². The number of carbonyl (C=O) groups is 2. The number of para-hydroxylation sites is 2. The van der Waals surface area contributed by atoms with Gasteiger partial charge in [0.05, 0.1) is 18.2 Å². The van der Waals surface area contributed by atoms with Crippen molar-refractivity contribution in [3.05, 3.63) is 54.1 Å². The zero-order valence-electron chi connectivity index (χ0n) is 15.4. The molecule has 0 bridgehead atoms. The summed E-state index contributed by atoms with van der Waals surface area (Å²) in [6.07, 6.45) is 0.218. The second kappa shape index (κ2) is 7.60. The van der Waals surface area contributed by atoms with Crippen LogP contribution in [0.4, 0.5) is 11.4 Å². The van der Waals surface area contributed by atoms with Gasteiger partial charge in [-0.3, -0.25) is 9.59 Å². The summed E-state index contributed by atoms with van der Waals surface area (Å²) in [4.78, 5) is 28.8. The first-order valence-electron chi connectivity index (χ1n) is 8.87. The molecular formula is C21H24N2O3. The van der Waals surface area contributed by atoms with Crippen molar-refractivity contribution in [2.45, 2.75) is 20.3 Å². The van der Waals surface area contributed by atoms with E-state index in [2.05, 4.69) is 0 Å². The predicted molar refractivity (Wildman–Crippen MR) is 103 cm³/mol. The summed E-state index contributed by atoms with van der Waals surface area (Å²) in [5.74, 6) is 0.222. The molecule has 2 aromatic rings. The third-order valence-corrected chi connectivity index (χ3v) is 4.65. The third-order valence-electron chi connectivity index (χ3n) is 4.65. The predicted octanol–water partition coefficient (Wildman–Crippen LogP) is 3.41. The van der Waals surface area contributed by atoms with Gasteiger partial charge in [-0.15, -0.1) is 0 Å². The van der Waals surface area contributed by atoms with Crippen LogP contribution in [0.5, 0.6) is 5.75 Å². The fraction of sp³-hybridized carbons (Fsp3) is 0.333. The standard InChI is InChI=1S/C21H24N2O3/c1-4-26-19-11-6-5-10-18(19)23-14-16(13-20(23)24)21(25)22(3)17-9-7-8-15(2)12-17/h5-12,16H,4,13-14H2,1-3H3. The van der Waals surface area contributed by atoms with Crippen LogP contribution in [0.15, 0.2) is 48.5 Å². The highest BCUT2D eigenvalue weighted by atomic mass is 16.5. The number of benzene rings is 2. The van der Waals surface area contributed by atoms with Crippen LogP contribution < -0.4 is 14.5 Å². The first kappa shape index (κ1) is 18.0. The number of hydrogen-bond donors (Lipinski definition) is 0. The van der Waals surface area contributed by atoms with Crippen molar-refractivity contribution in [3.8, 4) is 5.75 Å². The zero-order chi connectivity index (χ0) is 18.7. The summed E-state index contributed by atoms with van der Waals surface area (Å²) >= 11 is 0. The lowest BCUT2D eigenvalue weighted by Gasteiger charge is -2.23. The molecule has 3 rings (SSSR count). The molecule has 5 heteroatoms. The third kappa shape index (κ3) is 3.57. The highest BCUT2D eigenvalue weighted by Crippen LogP contribution is 2.34. The van der Waals surface area contributed by atoms with E-state index in [1.54, 1.807) is 16.8 Å². The summed E-state index contributed by atoms with van der Waals surface area (Å²) < 4.78 is 5.63. The minimum absolute atomic E-state index is 0.0414. The lowest BCUT2D eigenvalue weighted by molar-refractivity contribution is -0.124. The molecule has 0 saturated carbocycles. The van der Waals surface area contributed by atoms with Gasteiger partial charge in [0.2, 0.25) is 11.8 Å². The molecule has 1 aliphatic rings. The van der Waals surface area contributed by atoms with Gasteiger partial charge in [0.1, 0.15) is 5.75 Å². The van der Waals surface area contributed by atoms with E-state index in [0.29, 0.717) is 18.9 Å². The molecule has 2 aromatic carbocycles. The summed E-state index contributed by atoms with van der Waals surface area (Å²) in [6.45, 7) is 4.80. The summed E-state index contributed by atoms with van der Waals surface area (Å²) in [7, 11) is 1.76. The van der Waals surface area contributed by atoms with Gasteiger partial charge in [-0.05, 0) is 43.7 Å². The summed E-state index contributed by atoms with van der Waals surface area (Å²) in [5, 5.41) is 0. The van der Waals surface area contributed by atoms with Crippen LogP contribution in [0.1, 0.15) is 18.9 Å². The van der Waals surface area contributed by atoms with Gasteiger partial charge in [-0.2, -0.15) is 0 Å². The Morgan fingerprint density at radius 3 is 2.73 bits per heavy atom. The molecule has 1 aliphatic heterocycles. The Morgan fingerprint density at radius 1 is 1.23 bits per heavy atom. The summed E-state index contributed by atoms with van der Waals surface area (Å²) in [5.41, 5.74) is 2.67. The first-order valence-corrected chi connectivity index (χ1v) is 8.87. The van der Waals surface area contributed by atoms with E-state index in [-0.39, 0.29) is 24.2 Å². The summed E-state index contributed by atoms with van der Waals surface area (Å²) in [6, 6.07) is 15.3. The lowest BCUT2D eigenvalue weighted by atomic mass is 10.1. The monoisotopic (exact) mass is 352 g/mol. The van der Waals surface area contributed by atoms with Gasteiger partial charge < -0.3 is 14.5 Å². The second-order valence-electron chi connectivity index (χ2n) is 6.54. The number of carbonyl (C=O) groups excluding carboxylic acids is 2. The fourth-order valence-electron chi connectivity index (χ4n) is 3.30. The maximum Gasteiger partial charge on any atom is 0.232 e. The molecule has 1 saturated heterocycles. The van der Waals surface area contributed by atoms with Crippen molar-refractivity contribution in [2.24, 2.45) is 5.92 Å². The lowest BCUT2D eigenvalue weighted by Crippen LogP contribution is -2.34. The fourth-order valence-corrected chi connectivity index (χ4v) is 3.30. The minimum Gasteiger partial charge on any atom is -0.492 e. The first-order chi connectivity index (χ1) is 12.5. The van der Waals surface area contributed by atoms with Crippen molar-refractivity contribution in [3.63, 3.8) is 0 Å². The molecule has 0 aliphatic carbocycles. The minimum atomic E-state index is -0.359. The van der Waals surface area contributed by atoms with Crippen LogP contribution in [0, 0.1) is 12.8 Å². The number of amides is 2. The maximum absolute atomic E-state index is 12.9. The molecule has 5 nitrogen and oxygen atoms in total. The zero-order valence-corrected chi connectivity index (χ0v) is 15.4. The van der Waals surface area contributed by atoms with Crippen LogP contribution in [0.2, 0.25) is 0 Å². The van der Waals surface area contributed by atoms with E-state index in [1.807, 2.05) is 62.4 Å². The Balaban J connectivity index is 1.78. The highest BCUT2D eigenvalue weighted by molar-refractivity contribution is 6.04. The van der Waals surface area contributed by atoms with Crippen molar-refractivity contribution in [2.75, 3.05) is 30.0 Å². The van der Waals surface area contributed by atoms with Crippen molar-refractivity contribution in [1.82, 2.24) is 0 Å². The van der Waals surface area contributed by atoms with Gasteiger partial charge in [-0.1, -0.05) is 24.3 Å². The molecule has 26 heavy (non-hydrogen) atoms.